The van der Waals surface area contributed by atoms with E-state index in [2.05, 4.69) is 43.7 Å². The topological polar surface area (TPSA) is 32.3 Å². The molecule has 21 heavy (non-hydrogen) atoms. The third-order valence-corrected chi connectivity index (χ3v) is 5.16. The standard InChI is InChI=1S/C16H17BrN2OS/c17-12-4-1-5-13(10-12)18-16(20)11-19-8-2-6-14(19)15-7-3-9-21-15/h1,3-5,7,9-10,14H,2,6,8,11H2,(H,18,20)/t14-/m0/s1. The Morgan fingerprint density at radius 2 is 2.29 bits per heavy atom. The fourth-order valence-electron chi connectivity index (χ4n) is 2.77. The minimum absolute atomic E-state index is 0.0524. The van der Waals surface area contributed by atoms with Crippen molar-refractivity contribution in [1.82, 2.24) is 4.90 Å². The summed E-state index contributed by atoms with van der Waals surface area (Å²) in [4.78, 5) is 15.9. The quantitative estimate of drug-likeness (QED) is 0.877. The second kappa shape index (κ2) is 6.73. The number of anilines is 1. The van der Waals surface area contributed by atoms with Crippen molar-refractivity contribution in [3.05, 3.63) is 51.1 Å². The first-order valence-electron chi connectivity index (χ1n) is 7.05. The van der Waals surface area contributed by atoms with Crippen molar-refractivity contribution in [3.8, 4) is 0 Å². The van der Waals surface area contributed by atoms with Crippen molar-refractivity contribution in [2.24, 2.45) is 0 Å². The zero-order valence-corrected chi connectivity index (χ0v) is 14.0. The Hall–Kier alpha value is -1.17. The first-order chi connectivity index (χ1) is 10.2. The van der Waals surface area contributed by atoms with E-state index in [4.69, 9.17) is 0 Å². The van der Waals surface area contributed by atoms with Crippen LogP contribution >= 0.6 is 27.3 Å². The Labute approximate surface area is 137 Å². The largest absolute Gasteiger partial charge is 0.325 e. The molecule has 0 unspecified atom stereocenters. The number of benzene rings is 1. The summed E-state index contributed by atoms with van der Waals surface area (Å²) >= 11 is 5.19. The van der Waals surface area contributed by atoms with E-state index in [0.717, 1.165) is 29.5 Å². The van der Waals surface area contributed by atoms with Crippen LogP contribution in [0.1, 0.15) is 23.8 Å². The Kier molecular flexibility index (Phi) is 4.73. The molecule has 1 N–H and O–H groups in total. The van der Waals surface area contributed by atoms with Crippen molar-refractivity contribution in [1.29, 1.82) is 0 Å². The first kappa shape index (κ1) is 14.8. The highest BCUT2D eigenvalue weighted by Gasteiger charge is 2.28. The lowest BCUT2D eigenvalue weighted by atomic mass is 10.2. The normalized spacial score (nSPS) is 18.8. The van der Waals surface area contributed by atoms with Gasteiger partial charge in [0.05, 0.1) is 6.54 Å². The highest BCUT2D eigenvalue weighted by Crippen LogP contribution is 2.34. The molecule has 2 aromatic rings. The van der Waals surface area contributed by atoms with E-state index in [-0.39, 0.29) is 5.91 Å². The molecule has 3 nitrogen and oxygen atoms in total. The van der Waals surface area contributed by atoms with Crippen molar-refractivity contribution in [2.75, 3.05) is 18.4 Å². The minimum Gasteiger partial charge on any atom is -0.325 e. The Bertz CT molecular complexity index is 614. The van der Waals surface area contributed by atoms with Crippen LogP contribution in [0, 0.1) is 0 Å². The van der Waals surface area contributed by atoms with Gasteiger partial charge in [0.15, 0.2) is 0 Å². The first-order valence-corrected chi connectivity index (χ1v) is 8.72. The van der Waals surface area contributed by atoms with Crippen LogP contribution in [0.3, 0.4) is 0 Å². The average Bonchev–Trinajstić information content (AvgIpc) is 3.08. The van der Waals surface area contributed by atoms with Gasteiger partial charge in [-0.2, -0.15) is 0 Å². The van der Waals surface area contributed by atoms with Gasteiger partial charge >= 0.3 is 0 Å². The van der Waals surface area contributed by atoms with Gasteiger partial charge in [-0.15, -0.1) is 11.3 Å². The van der Waals surface area contributed by atoms with Crippen LogP contribution in [0.5, 0.6) is 0 Å². The maximum atomic E-state index is 12.2. The Balaban J connectivity index is 1.62. The molecule has 3 rings (SSSR count). The van der Waals surface area contributed by atoms with Crippen LogP contribution in [-0.4, -0.2) is 23.9 Å². The van der Waals surface area contributed by atoms with Crippen LogP contribution in [-0.2, 0) is 4.79 Å². The van der Waals surface area contributed by atoms with E-state index in [0.29, 0.717) is 12.6 Å². The third-order valence-electron chi connectivity index (χ3n) is 3.69. The number of carbonyl (C=O) groups is 1. The zero-order chi connectivity index (χ0) is 14.7. The number of hydrogen-bond acceptors (Lipinski definition) is 3. The Morgan fingerprint density at radius 1 is 1.38 bits per heavy atom. The second-order valence-corrected chi connectivity index (χ2v) is 7.10. The second-order valence-electron chi connectivity index (χ2n) is 5.20. The van der Waals surface area contributed by atoms with Crippen molar-refractivity contribution in [3.63, 3.8) is 0 Å². The summed E-state index contributed by atoms with van der Waals surface area (Å²) in [6.45, 7) is 1.45. The highest BCUT2D eigenvalue weighted by atomic mass is 79.9. The van der Waals surface area contributed by atoms with Gasteiger partial charge in [0.25, 0.3) is 0 Å². The van der Waals surface area contributed by atoms with Gasteiger partial charge in [-0.1, -0.05) is 28.1 Å². The van der Waals surface area contributed by atoms with Crippen LogP contribution in [0.4, 0.5) is 5.69 Å². The van der Waals surface area contributed by atoms with E-state index in [1.165, 1.54) is 4.88 Å². The summed E-state index contributed by atoms with van der Waals surface area (Å²) in [7, 11) is 0. The number of hydrogen-bond donors (Lipinski definition) is 1. The summed E-state index contributed by atoms with van der Waals surface area (Å²) in [5.41, 5.74) is 0.834. The van der Waals surface area contributed by atoms with Gasteiger partial charge in [0.1, 0.15) is 0 Å². The number of nitrogens with one attached hydrogen (secondary N) is 1. The number of amides is 1. The molecule has 0 saturated carbocycles. The molecular weight excluding hydrogens is 348 g/mol. The molecule has 1 aromatic heterocycles. The maximum absolute atomic E-state index is 12.2. The summed E-state index contributed by atoms with van der Waals surface area (Å²) in [6.07, 6.45) is 2.30. The maximum Gasteiger partial charge on any atom is 0.238 e. The molecule has 0 radical (unpaired) electrons. The lowest BCUT2D eigenvalue weighted by molar-refractivity contribution is -0.117. The van der Waals surface area contributed by atoms with E-state index in [1.807, 2.05) is 24.3 Å². The molecular formula is C16H17BrN2OS. The minimum atomic E-state index is 0.0524. The molecule has 0 spiro atoms. The molecule has 110 valence electrons. The van der Waals surface area contributed by atoms with Gasteiger partial charge in [-0.3, -0.25) is 9.69 Å². The van der Waals surface area contributed by atoms with E-state index in [1.54, 1.807) is 11.3 Å². The lowest BCUT2D eigenvalue weighted by Crippen LogP contribution is -2.32. The highest BCUT2D eigenvalue weighted by molar-refractivity contribution is 9.10. The number of rotatable bonds is 4. The van der Waals surface area contributed by atoms with E-state index >= 15 is 0 Å². The molecule has 2 heterocycles. The van der Waals surface area contributed by atoms with Gasteiger partial charge in [-0.05, 0) is 49.0 Å². The monoisotopic (exact) mass is 364 g/mol. The van der Waals surface area contributed by atoms with Gasteiger partial charge in [-0.25, -0.2) is 0 Å². The van der Waals surface area contributed by atoms with Crippen LogP contribution < -0.4 is 5.32 Å². The van der Waals surface area contributed by atoms with Crippen molar-refractivity contribution < 1.29 is 4.79 Å². The molecule has 1 amide bonds. The fourth-order valence-corrected chi connectivity index (χ4v) is 4.06. The predicted molar refractivity (Wildman–Crippen MR) is 90.6 cm³/mol. The molecule has 1 saturated heterocycles. The van der Waals surface area contributed by atoms with Crippen molar-refractivity contribution in [2.45, 2.75) is 18.9 Å². The smallest absolute Gasteiger partial charge is 0.238 e. The molecule has 1 aromatic carbocycles. The summed E-state index contributed by atoms with van der Waals surface area (Å²) in [6, 6.07) is 12.3. The third kappa shape index (κ3) is 3.73. The molecule has 1 aliphatic rings. The SMILES string of the molecule is O=C(CN1CCC[C@H]1c1cccs1)Nc1cccc(Br)c1. The summed E-state index contributed by atoms with van der Waals surface area (Å²) in [5.74, 6) is 0.0524. The van der Waals surface area contributed by atoms with Crippen LogP contribution in [0.2, 0.25) is 0 Å². The number of carbonyl (C=O) groups excluding carboxylic acids is 1. The van der Waals surface area contributed by atoms with E-state index < -0.39 is 0 Å². The van der Waals surface area contributed by atoms with Gasteiger partial charge in [0.2, 0.25) is 5.91 Å². The fraction of sp³-hybridized carbons (Fsp3) is 0.312. The van der Waals surface area contributed by atoms with Gasteiger partial charge < -0.3 is 5.32 Å². The summed E-state index contributed by atoms with van der Waals surface area (Å²) in [5, 5.41) is 5.07. The lowest BCUT2D eigenvalue weighted by Gasteiger charge is -2.22. The van der Waals surface area contributed by atoms with Crippen LogP contribution in [0.25, 0.3) is 0 Å². The molecule has 1 atom stereocenters. The van der Waals surface area contributed by atoms with Gasteiger partial charge in [0, 0.05) is 21.1 Å². The number of likely N-dealkylation sites (tertiary alicyclic amines) is 1. The Morgan fingerprint density at radius 3 is 3.05 bits per heavy atom. The molecule has 5 heteroatoms. The number of halogens is 1. The molecule has 0 aliphatic carbocycles. The number of thiophene rings is 1. The average molecular weight is 365 g/mol. The molecule has 1 fully saturated rings. The molecule has 0 bridgehead atoms. The molecule has 1 aliphatic heterocycles. The zero-order valence-electron chi connectivity index (χ0n) is 11.6. The summed E-state index contributed by atoms with van der Waals surface area (Å²) < 4.78 is 0.970. The van der Waals surface area contributed by atoms with E-state index in [9.17, 15) is 4.79 Å². The van der Waals surface area contributed by atoms with Crippen LogP contribution in [0.15, 0.2) is 46.3 Å². The number of nitrogens with zero attached hydrogens (tertiary/aromatic N) is 1. The van der Waals surface area contributed by atoms with Crippen molar-refractivity contribution >= 4 is 38.9 Å². The predicted octanol–water partition coefficient (Wildman–Crippen LogP) is 4.29.